The smallest absolute Gasteiger partial charge is 0.232 e. The van der Waals surface area contributed by atoms with Crippen molar-refractivity contribution in [3.63, 3.8) is 0 Å². The Morgan fingerprint density at radius 3 is 2.42 bits per heavy atom. The van der Waals surface area contributed by atoms with E-state index in [9.17, 15) is 15.0 Å². The summed E-state index contributed by atoms with van der Waals surface area (Å²) < 4.78 is 5.40. The second kappa shape index (κ2) is 4.17. The van der Waals surface area contributed by atoms with Crippen LogP contribution in [0.2, 0.25) is 0 Å². The first-order chi connectivity index (χ1) is 9.15. The van der Waals surface area contributed by atoms with Crippen LogP contribution in [0.15, 0.2) is 48.2 Å². The summed E-state index contributed by atoms with van der Waals surface area (Å²) >= 11 is 0. The van der Waals surface area contributed by atoms with Gasteiger partial charge in [0.25, 0.3) is 0 Å². The summed E-state index contributed by atoms with van der Waals surface area (Å²) in [4.78, 5) is 12.1. The summed E-state index contributed by atoms with van der Waals surface area (Å²) in [5.74, 6) is -0.535. The van der Waals surface area contributed by atoms with E-state index < -0.39 is 0 Å². The van der Waals surface area contributed by atoms with E-state index in [1.807, 2.05) is 30.3 Å². The first kappa shape index (κ1) is 11.3. The molecule has 0 spiro atoms. The number of hydrogen-bond donors (Lipinski definition) is 2. The number of hydrogen-bond acceptors (Lipinski definition) is 4. The van der Waals surface area contributed by atoms with Gasteiger partial charge in [0.15, 0.2) is 17.3 Å². The van der Waals surface area contributed by atoms with Gasteiger partial charge in [0.1, 0.15) is 5.75 Å². The number of aromatic hydroxyl groups is 2. The highest BCUT2D eigenvalue weighted by Crippen LogP contribution is 2.39. The van der Waals surface area contributed by atoms with Gasteiger partial charge in [0.2, 0.25) is 5.78 Å². The lowest BCUT2D eigenvalue weighted by atomic mass is 10.1. The number of ketones is 1. The molecule has 0 atom stereocenters. The van der Waals surface area contributed by atoms with E-state index in [1.54, 1.807) is 6.08 Å². The Morgan fingerprint density at radius 2 is 1.68 bits per heavy atom. The standard InChI is InChI=1S/C15H10O4/c16-11-7-10-13(8-12(11)17)19-14(15(10)18)6-9-4-2-1-3-5-9/h1-8,16-17H/b14-6+. The van der Waals surface area contributed by atoms with E-state index in [4.69, 9.17) is 4.74 Å². The summed E-state index contributed by atoms with van der Waals surface area (Å²) in [5.41, 5.74) is 1.09. The SMILES string of the molecule is O=C1/C(=C\c2ccccc2)Oc2cc(O)c(O)cc21. The van der Waals surface area contributed by atoms with Crippen LogP contribution in [-0.2, 0) is 0 Å². The average molecular weight is 254 g/mol. The minimum Gasteiger partial charge on any atom is -0.504 e. The van der Waals surface area contributed by atoms with Crippen LogP contribution in [0.1, 0.15) is 15.9 Å². The molecule has 0 fully saturated rings. The number of benzene rings is 2. The van der Waals surface area contributed by atoms with Crippen LogP contribution in [0.4, 0.5) is 0 Å². The minimum atomic E-state index is -0.336. The highest BCUT2D eigenvalue weighted by atomic mass is 16.5. The van der Waals surface area contributed by atoms with Gasteiger partial charge in [-0.15, -0.1) is 0 Å². The van der Waals surface area contributed by atoms with E-state index in [1.165, 1.54) is 12.1 Å². The summed E-state index contributed by atoms with van der Waals surface area (Å²) in [5, 5.41) is 18.8. The molecule has 94 valence electrons. The molecule has 4 nitrogen and oxygen atoms in total. The molecule has 0 radical (unpaired) electrons. The van der Waals surface area contributed by atoms with Gasteiger partial charge in [-0.1, -0.05) is 30.3 Å². The zero-order valence-electron chi connectivity index (χ0n) is 9.83. The second-order valence-corrected chi connectivity index (χ2v) is 4.19. The first-order valence-corrected chi connectivity index (χ1v) is 5.70. The van der Waals surface area contributed by atoms with Gasteiger partial charge < -0.3 is 14.9 Å². The number of allylic oxidation sites excluding steroid dienone is 1. The molecule has 0 unspecified atom stereocenters. The van der Waals surface area contributed by atoms with Crippen molar-refractivity contribution in [2.24, 2.45) is 0 Å². The van der Waals surface area contributed by atoms with Crippen molar-refractivity contribution in [2.75, 3.05) is 0 Å². The van der Waals surface area contributed by atoms with Crippen molar-refractivity contribution in [2.45, 2.75) is 0 Å². The van der Waals surface area contributed by atoms with E-state index >= 15 is 0 Å². The lowest BCUT2D eigenvalue weighted by Gasteiger charge is -2.00. The van der Waals surface area contributed by atoms with Crippen molar-refractivity contribution in [3.05, 3.63) is 59.4 Å². The number of phenols is 2. The number of ether oxygens (including phenoxy) is 1. The van der Waals surface area contributed by atoms with Crippen molar-refractivity contribution < 1.29 is 19.7 Å². The van der Waals surface area contributed by atoms with Gasteiger partial charge in [0.05, 0.1) is 5.56 Å². The Kier molecular flexibility index (Phi) is 2.49. The van der Waals surface area contributed by atoms with E-state index in [2.05, 4.69) is 0 Å². The van der Waals surface area contributed by atoms with Gasteiger partial charge in [-0.25, -0.2) is 0 Å². The van der Waals surface area contributed by atoms with Gasteiger partial charge in [0, 0.05) is 6.07 Å². The van der Waals surface area contributed by atoms with Crippen molar-refractivity contribution in [3.8, 4) is 17.2 Å². The Labute approximate surface area is 109 Å². The average Bonchev–Trinajstić information content (AvgIpc) is 2.69. The molecular formula is C15H10O4. The molecule has 19 heavy (non-hydrogen) atoms. The maximum absolute atomic E-state index is 12.1. The molecule has 3 rings (SSSR count). The predicted octanol–water partition coefficient (Wildman–Crippen LogP) is 2.71. The lowest BCUT2D eigenvalue weighted by molar-refractivity contribution is 0.101. The molecule has 0 aliphatic carbocycles. The van der Waals surface area contributed by atoms with Gasteiger partial charge in [-0.2, -0.15) is 0 Å². The molecule has 1 aliphatic rings. The van der Waals surface area contributed by atoms with Crippen LogP contribution >= 0.6 is 0 Å². The number of carbonyl (C=O) groups is 1. The van der Waals surface area contributed by atoms with Crippen LogP contribution in [0, 0.1) is 0 Å². The molecule has 0 bridgehead atoms. The van der Waals surface area contributed by atoms with Crippen LogP contribution in [0.5, 0.6) is 17.2 Å². The highest BCUT2D eigenvalue weighted by molar-refractivity contribution is 6.14. The molecule has 1 aliphatic heterocycles. The predicted molar refractivity (Wildman–Crippen MR) is 69.1 cm³/mol. The molecular weight excluding hydrogens is 244 g/mol. The molecule has 0 aromatic heterocycles. The topological polar surface area (TPSA) is 66.8 Å². The van der Waals surface area contributed by atoms with E-state index in [0.717, 1.165) is 5.56 Å². The van der Waals surface area contributed by atoms with Crippen LogP contribution in [0.3, 0.4) is 0 Å². The quantitative estimate of drug-likeness (QED) is 0.606. The van der Waals surface area contributed by atoms with E-state index in [0.29, 0.717) is 0 Å². The third-order valence-corrected chi connectivity index (χ3v) is 2.86. The van der Waals surface area contributed by atoms with Crippen molar-refractivity contribution in [1.82, 2.24) is 0 Å². The highest BCUT2D eigenvalue weighted by Gasteiger charge is 2.28. The summed E-state index contributed by atoms with van der Waals surface area (Å²) in [6.07, 6.45) is 1.62. The lowest BCUT2D eigenvalue weighted by Crippen LogP contribution is -1.97. The number of carbonyl (C=O) groups excluding carboxylic acids is 1. The molecule has 2 aromatic carbocycles. The van der Waals surface area contributed by atoms with Crippen molar-refractivity contribution >= 4 is 11.9 Å². The summed E-state index contributed by atoms with van der Waals surface area (Å²) in [6.45, 7) is 0. The van der Waals surface area contributed by atoms with Gasteiger partial charge >= 0.3 is 0 Å². The zero-order valence-corrected chi connectivity index (χ0v) is 9.83. The normalized spacial score (nSPS) is 15.4. The molecule has 1 heterocycles. The number of phenolic OH excluding ortho intramolecular Hbond substituents is 2. The van der Waals surface area contributed by atoms with Crippen LogP contribution in [-0.4, -0.2) is 16.0 Å². The third-order valence-electron chi connectivity index (χ3n) is 2.86. The molecule has 2 N–H and O–H groups in total. The molecule has 0 saturated heterocycles. The molecule has 0 saturated carbocycles. The second-order valence-electron chi connectivity index (χ2n) is 4.19. The zero-order chi connectivity index (χ0) is 13.4. The maximum atomic E-state index is 12.1. The fourth-order valence-electron chi connectivity index (χ4n) is 1.91. The van der Waals surface area contributed by atoms with E-state index in [-0.39, 0.29) is 34.4 Å². The Bertz CT molecular complexity index is 687. The molecule has 4 heteroatoms. The van der Waals surface area contributed by atoms with Crippen LogP contribution in [0.25, 0.3) is 6.08 Å². The number of rotatable bonds is 1. The minimum absolute atomic E-state index is 0.172. The van der Waals surface area contributed by atoms with Gasteiger partial charge in [-0.05, 0) is 17.7 Å². The third kappa shape index (κ3) is 1.93. The summed E-state index contributed by atoms with van der Waals surface area (Å²) in [6, 6.07) is 11.7. The maximum Gasteiger partial charge on any atom is 0.232 e. The summed E-state index contributed by atoms with van der Waals surface area (Å²) in [7, 11) is 0. The Hall–Kier alpha value is -2.75. The molecule has 2 aromatic rings. The Morgan fingerprint density at radius 1 is 1.00 bits per heavy atom. The Balaban J connectivity index is 2.02. The number of Topliss-reactive ketones (excluding diaryl/α,β-unsaturated/α-hetero) is 1. The first-order valence-electron chi connectivity index (χ1n) is 5.70. The number of fused-ring (bicyclic) bond motifs is 1. The fraction of sp³-hybridized carbons (Fsp3) is 0. The fourth-order valence-corrected chi connectivity index (χ4v) is 1.91. The molecule has 0 amide bonds. The monoisotopic (exact) mass is 254 g/mol. The van der Waals surface area contributed by atoms with Crippen molar-refractivity contribution in [1.29, 1.82) is 0 Å². The van der Waals surface area contributed by atoms with Gasteiger partial charge in [-0.3, -0.25) is 4.79 Å². The largest absolute Gasteiger partial charge is 0.504 e. The van der Waals surface area contributed by atoms with Crippen LogP contribution < -0.4 is 4.74 Å².